The van der Waals surface area contributed by atoms with Crippen molar-refractivity contribution < 1.29 is 17.9 Å². The van der Waals surface area contributed by atoms with Gasteiger partial charge in [0.25, 0.3) is 0 Å². The number of thioether (sulfide) groups is 1. The Morgan fingerprint density at radius 3 is 2.72 bits per heavy atom. The van der Waals surface area contributed by atoms with E-state index in [2.05, 4.69) is 15.5 Å². The first-order valence-corrected chi connectivity index (χ1v) is 10.9. The van der Waals surface area contributed by atoms with Gasteiger partial charge in [-0.1, -0.05) is 42.2 Å². The molecule has 2 aromatic rings. The lowest BCUT2D eigenvalue weighted by atomic mass is 10.3. The Hall–Kier alpha value is -1.85. The zero-order valence-corrected chi connectivity index (χ0v) is 16.4. The van der Waals surface area contributed by atoms with Gasteiger partial charge >= 0.3 is 0 Å². The average molecular weight is 403 g/mol. The van der Waals surface area contributed by atoms with Crippen LogP contribution in [0.5, 0.6) is 5.75 Å². The predicted octanol–water partition coefficient (Wildman–Crippen LogP) is 2.06. The quantitative estimate of drug-likeness (QED) is 0.533. The van der Waals surface area contributed by atoms with Crippen LogP contribution in [0, 0.1) is 0 Å². The van der Waals surface area contributed by atoms with Crippen LogP contribution in [-0.4, -0.2) is 50.2 Å². The van der Waals surface area contributed by atoms with Gasteiger partial charge in [0, 0.05) is 0 Å². The summed E-state index contributed by atoms with van der Waals surface area (Å²) < 4.78 is 31.2. The summed E-state index contributed by atoms with van der Waals surface area (Å²) in [7, 11) is -2.25. The molecule has 0 aliphatic rings. The SMILES string of the molecule is CCSc1nnc(NC(=O)CN(c2ccccc2OC)S(C)(=O)=O)s1. The molecule has 1 heterocycles. The van der Waals surface area contributed by atoms with E-state index >= 15 is 0 Å². The molecule has 1 aromatic carbocycles. The highest BCUT2D eigenvalue weighted by Crippen LogP contribution is 2.29. The molecule has 1 N–H and O–H groups in total. The number of anilines is 2. The van der Waals surface area contributed by atoms with Crippen LogP contribution >= 0.6 is 23.1 Å². The molecule has 1 amide bonds. The second-order valence-corrected chi connectivity index (χ2v) is 9.19. The van der Waals surface area contributed by atoms with Gasteiger partial charge in [0.1, 0.15) is 12.3 Å². The second-order valence-electron chi connectivity index (χ2n) is 4.80. The summed E-state index contributed by atoms with van der Waals surface area (Å²) in [5.74, 6) is 0.692. The van der Waals surface area contributed by atoms with Crippen molar-refractivity contribution in [1.82, 2.24) is 10.2 Å². The minimum Gasteiger partial charge on any atom is -0.495 e. The largest absolute Gasteiger partial charge is 0.495 e. The Morgan fingerprint density at radius 2 is 2.08 bits per heavy atom. The molecule has 0 aliphatic carbocycles. The number of rotatable bonds is 8. The molecule has 0 saturated heterocycles. The number of aromatic nitrogens is 2. The first kappa shape index (κ1) is 19.5. The second kappa shape index (κ2) is 8.50. The van der Waals surface area contributed by atoms with Crippen LogP contribution in [0.25, 0.3) is 0 Å². The highest BCUT2D eigenvalue weighted by atomic mass is 32.2. The third-order valence-electron chi connectivity index (χ3n) is 2.96. The summed E-state index contributed by atoms with van der Waals surface area (Å²) >= 11 is 2.75. The minimum atomic E-state index is -3.69. The van der Waals surface area contributed by atoms with E-state index in [1.807, 2.05) is 6.92 Å². The number of carbonyl (C=O) groups is 1. The van der Waals surface area contributed by atoms with Crippen LogP contribution in [0.15, 0.2) is 28.6 Å². The molecule has 8 nitrogen and oxygen atoms in total. The van der Waals surface area contributed by atoms with E-state index in [0.717, 1.165) is 20.7 Å². The molecule has 0 aliphatic heterocycles. The smallest absolute Gasteiger partial charge is 0.246 e. The van der Waals surface area contributed by atoms with E-state index in [-0.39, 0.29) is 0 Å². The van der Waals surface area contributed by atoms with Gasteiger partial charge in [0.2, 0.25) is 21.1 Å². The molecule has 2 rings (SSSR count). The number of sulfonamides is 1. The Balaban J connectivity index is 2.18. The van der Waals surface area contributed by atoms with Crippen LogP contribution in [0.1, 0.15) is 6.92 Å². The van der Waals surface area contributed by atoms with E-state index in [1.54, 1.807) is 24.3 Å². The van der Waals surface area contributed by atoms with Crippen molar-refractivity contribution in [1.29, 1.82) is 0 Å². The number of carbonyl (C=O) groups excluding carboxylic acids is 1. The lowest BCUT2D eigenvalue weighted by Gasteiger charge is -2.23. The lowest BCUT2D eigenvalue weighted by Crippen LogP contribution is -2.37. The maximum atomic E-state index is 12.3. The number of nitrogens with one attached hydrogen (secondary N) is 1. The molecule has 25 heavy (non-hydrogen) atoms. The Morgan fingerprint density at radius 1 is 1.36 bits per heavy atom. The first-order chi connectivity index (χ1) is 11.8. The molecule has 0 unspecified atom stereocenters. The molecule has 0 saturated carbocycles. The van der Waals surface area contributed by atoms with E-state index in [1.165, 1.54) is 30.2 Å². The highest BCUT2D eigenvalue weighted by Gasteiger charge is 2.24. The standard InChI is InChI=1S/C14H18N4O4S3/c1-4-23-14-17-16-13(24-14)15-12(19)9-18(25(3,20)21)10-7-5-6-8-11(10)22-2/h5-8H,4,9H2,1-3H3,(H,15,16,19). The van der Waals surface area contributed by atoms with Gasteiger partial charge in [0.15, 0.2) is 4.34 Å². The summed E-state index contributed by atoms with van der Waals surface area (Å²) in [5.41, 5.74) is 0.294. The monoisotopic (exact) mass is 402 g/mol. The minimum absolute atomic E-state index is 0.294. The van der Waals surface area contributed by atoms with Crippen molar-refractivity contribution >= 4 is 49.8 Å². The van der Waals surface area contributed by atoms with Gasteiger partial charge in [-0.2, -0.15) is 0 Å². The van der Waals surface area contributed by atoms with Crippen molar-refractivity contribution in [2.75, 3.05) is 35.3 Å². The first-order valence-electron chi connectivity index (χ1n) is 7.22. The number of hydrogen-bond acceptors (Lipinski definition) is 8. The van der Waals surface area contributed by atoms with E-state index in [9.17, 15) is 13.2 Å². The molecule has 136 valence electrons. The van der Waals surface area contributed by atoms with Crippen LogP contribution in [0.3, 0.4) is 0 Å². The molecule has 0 atom stereocenters. The van der Waals surface area contributed by atoms with Crippen LogP contribution in [-0.2, 0) is 14.8 Å². The Labute approximate surface area is 154 Å². The van der Waals surface area contributed by atoms with Crippen molar-refractivity contribution in [2.24, 2.45) is 0 Å². The fraction of sp³-hybridized carbons (Fsp3) is 0.357. The zero-order chi connectivity index (χ0) is 18.4. The number of nitrogens with zero attached hydrogens (tertiary/aromatic N) is 3. The molecular weight excluding hydrogens is 384 g/mol. The Kier molecular flexibility index (Phi) is 6.62. The molecular formula is C14H18N4O4S3. The molecule has 0 radical (unpaired) electrons. The van der Waals surface area contributed by atoms with E-state index < -0.39 is 22.5 Å². The fourth-order valence-corrected chi connectivity index (χ4v) is 4.47. The zero-order valence-electron chi connectivity index (χ0n) is 13.9. The van der Waals surface area contributed by atoms with Crippen LogP contribution in [0.4, 0.5) is 10.8 Å². The number of hydrogen-bond donors (Lipinski definition) is 1. The summed E-state index contributed by atoms with van der Waals surface area (Å²) in [4.78, 5) is 12.3. The molecule has 11 heteroatoms. The van der Waals surface area contributed by atoms with Gasteiger partial charge < -0.3 is 4.74 Å². The molecule has 0 fully saturated rings. The summed E-state index contributed by atoms with van der Waals surface area (Å²) in [6, 6.07) is 6.60. The van der Waals surface area contributed by atoms with Crippen molar-refractivity contribution in [3.63, 3.8) is 0 Å². The fourth-order valence-electron chi connectivity index (χ4n) is 1.95. The van der Waals surface area contributed by atoms with Gasteiger partial charge in [-0.05, 0) is 17.9 Å². The summed E-state index contributed by atoms with van der Waals surface area (Å²) in [5, 5.41) is 10.7. The van der Waals surface area contributed by atoms with Crippen molar-refractivity contribution in [3.05, 3.63) is 24.3 Å². The highest BCUT2D eigenvalue weighted by molar-refractivity contribution is 8.01. The number of methoxy groups -OCH3 is 1. The van der Waals surface area contributed by atoms with Gasteiger partial charge in [-0.25, -0.2) is 8.42 Å². The van der Waals surface area contributed by atoms with E-state index in [4.69, 9.17) is 4.74 Å². The molecule has 0 bridgehead atoms. The van der Waals surface area contributed by atoms with Crippen LogP contribution in [0.2, 0.25) is 0 Å². The number of para-hydroxylation sites is 2. The number of amides is 1. The number of ether oxygens (including phenoxy) is 1. The van der Waals surface area contributed by atoms with Gasteiger partial charge in [-0.3, -0.25) is 14.4 Å². The molecule has 0 spiro atoms. The third-order valence-corrected chi connectivity index (χ3v) is 5.94. The van der Waals surface area contributed by atoms with Crippen LogP contribution < -0.4 is 14.4 Å². The average Bonchev–Trinajstić information content (AvgIpc) is 2.99. The maximum Gasteiger partial charge on any atom is 0.246 e. The van der Waals surface area contributed by atoms with Crippen molar-refractivity contribution in [2.45, 2.75) is 11.3 Å². The van der Waals surface area contributed by atoms with E-state index in [0.29, 0.717) is 16.6 Å². The maximum absolute atomic E-state index is 12.3. The van der Waals surface area contributed by atoms with Gasteiger partial charge in [-0.15, -0.1) is 10.2 Å². The predicted molar refractivity (Wildman–Crippen MR) is 100 cm³/mol. The summed E-state index contributed by atoms with van der Waals surface area (Å²) in [6.45, 7) is 1.59. The molecule has 1 aromatic heterocycles. The van der Waals surface area contributed by atoms with Gasteiger partial charge in [0.05, 0.1) is 19.1 Å². The topological polar surface area (TPSA) is 101 Å². The van der Waals surface area contributed by atoms with Crippen molar-refractivity contribution in [3.8, 4) is 5.75 Å². The number of benzene rings is 1. The normalized spacial score (nSPS) is 11.2. The summed E-state index contributed by atoms with van der Waals surface area (Å²) in [6.07, 6.45) is 1.04. The Bertz CT molecular complexity index is 838. The third kappa shape index (κ3) is 5.31. The lowest BCUT2D eigenvalue weighted by molar-refractivity contribution is -0.114.